The molecule has 2 N–H and O–H groups in total. The minimum absolute atomic E-state index is 0.0985. The van der Waals surface area contributed by atoms with Crippen molar-refractivity contribution >= 4 is 12.0 Å². The second-order valence-electron chi connectivity index (χ2n) is 7.53. The minimum atomic E-state index is -0.529. The van der Waals surface area contributed by atoms with Crippen LogP contribution in [0.15, 0.2) is 0 Å². The highest BCUT2D eigenvalue weighted by atomic mass is 16.6. The molecule has 3 rings (SSSR count). The lowest BCUT2D eigenvalue weighted by atomic mass is 10.0. The first-order valence-electron chi connectivity index (χ1n) is 8.77. The number of hydrogen-bond acceptors (Lipinski definition) is 5. The van der Waals surface area contributed by atoms with Gasteiger partial charge in [-0.15, -0.1) is 0 Å². The number of fused-ring (bicyclic) bond motifs is 1. The summed E-state index contributed by atoms with van der Waals surface area (Å²) in [5.74, 6) is -0.196. The molecule has 25 heavy (non-hydrogen) atoms. The van der Waals surface area contributed by atoms with Crippen molar-refractivity contribution in [3.05, 3.63) is 17.0 Å². The van der Waals surface area contributed by atoms with Gasteiger partial charge in [-0.25, -0.2) is 4.79 Å². The standard InChI is InChI=1S/C17H26N4O4/c1-17(2,3)25-16(23)21-7-6-12-13(10-21)19-20-14(12)15(22)18-9-11-5-4-8-24-11/h11H,4-10H2,1-3H3,(H,18,22)(H,19,20). The number of nitrogens with zero attached hydrogens (tertiary/aromatic N) is 2. The maximum atomic E-state index is 12.4. The van der Waals surface area contributed by atoms with Gasteiger partial charge >= 0.3 is 6.09 Å². The molecule has 0 spiro atoms. The van der Waals surface area contributed by atoms with Gasteiger partial charge in [-0.1, -0.05) is 0 Å². The average Bonchev–Trinajstić information content (AvgIpc) is 3.19. The second-order valence-corrected chi connectivity index (χ2v) is 7.53. The van der Waals surface area contributed by atoms with E-state index in [-0.39, 0.29) is 18.1 Å². The molecule has 3 heterocycles. The number of nitrogens with one attached hydrogen (secondary N) is 2. The molecular weight excluding hydrogens is 324 g/mol. The third-order valence-corrected chi connectivity index (χ3v) is 4.31. The molecule has 138 valence electrons. The van der Waals surface area contributed by atoms with Gasteiger partial charge in [-0.05, 0) is 40.0 Å². The molecule has 2 aliphatic heterocycles. The van der Waals surface area contributed by atoms with Crippen LogP contribution in [0.2, 0.25) is 0 Å². The van der Waals surface area contributed by atoms with E-state index in [4.69, 9.17) is 9.47 Å². The van der Waals surface area contributed by atoms with Crippen molar-refractivity contribution in [2.45, 2.75) is 58.3 Å². The van der Waals surface area contributed by atoms with Crippen LogP contribution in [0.25, 0.3) is 0 Å². The molecule has 1 unspecified atom stereocenters. The summed E-state index contributed by atoms with van der Waals surface area (Å²) < 4.78 is 10.9. The van der Waals surface area contributed by atoms with Gasteiger partial charge < -0.3 is 19.7 Å². The fraction of sp³-hybridized carbons (Fsp3) is 0.706. The minimum Gasteiger partial charge on any atom is -0.444 e. The maximum absolute atomic E-state index is 12.4. The first-order chi connectivity index (χ1) is 11.8. The zero-order valence-electron chi connectivity index (χ0n) is 15.1. The second kappa shape index (κ2) is 7.03. The number of aromatic nitrogens is 2. The summed E-state index contributed by atoms with van der Waals surface area (Å²) in [6, 6.07) is 0. The summed E-state index contributed by atoms with van der Waals surface area (Å²) >= 11 is 0. The van der Waals surface area contributed by atoms with Gasteiger partial charge in [0.2, 0.25) is 0 Å². The third kappa shape index (κ3) is 4.31. The molecule has 1 fully saturated rings. The lowest BCUT2D eigenvalue weighted by Gasteiger charge is -2.29. The topological polar surface area (TPSA) is 96.6 Å². The van der Waals surface area contributed by atoms with E-state index >= 15 is 0 Å². The maximum Gasteiger partial charge on any atom is 0.410 e. The van der Waals surface area contributed by atoms with Crippen LogP contribution >= 0.6 is 0 Å². The summed E-state index contributed by atoms with van der Waals surface area (Å²) in [6.07, 6.45) is 2.34. The summed E-state index contributed by atoms with van der Waals surface area (Å²) in [5, 5.41) is 9.94. The quantitative estimate of drug-likeness (QED) is 0.863. The van der Waals surface area contributed by atoms with E-state index in [0.29, 0.717) is 31.7 Å². The zero-order valence-corrected chi connectivity index (χ0v) is 15.1. The molecule has 2 amide bonds. The van der Waals surface area contributed by atoms with E-state index < -0.39 is 5.60 Å². The number of H-pyrrole nitrogens is 1. The highest BCUT2D eigenvalue weighted by Gasteiger charge is 2.30. The molecule has 0 aromatic carbocycles. The summed E-state index contributed by atoms with van der Waals surface area (Å²) in [4.78, 5) is 26.2. The smallest absolute Gasteiger partial charge is 0.410 e. The van der Waals surface area contributed by atoms with E-state index in [0.717, 1.165) is 30.7 Å². The first kappa shape index (κ1) is 17.7. The van der Waals surface area contributed by atoms with Crippen LogP contribution in [0.3, 0.4) is 0 Å². The van der Waals surface area contributed by atoms with Crippen LogP contribution in [0, 0.1) is 0 Å². The van der Waals surface area contributed by atoms with Crippen molar-refractivity contribution in [3.63, 3.8) is 0 Å². The third-order valence-electron chi connectivity index (χ3n) is 4.31. The molecule has 8 nitrogen and oxygen atoms in total. The molecule has 0 bridgehead atoms. The molecular formula is C17H26N4O4. The van der Waals surface area contributed by atoms with Crippen LogP contribution < -0.4 is 5.32 Å². The number of hydrogen-bond donors (Lipinski definition) is 2. The Morgan fingerprint density at radius 1 is 1.44 bits per heavy atom. The van der Waals surface area contributed by atoms with Gasteiger partial charge in [0.25, 0.3) is 5.91 Å². The van der Waals surface area contributed by atoms with Crippen molar-refractivity contribution < 1.29 is 19.1 Å². The summed E-state index contributed by atoms with van der Waals surface area (Å²) in [5.41, 5.74) is 1.56. The van der Waals surface area contributed by atoms with E-state index in [2.05, 4.69) is 15.5 Å². The molecule has 8 heteroatoms. The Balaban J connectivity index is 1.60. The molecule has 0 saturated carbocycles. The predicted octanol–water partition coefficient (Wildman–Crippen LogP) is 1.61. The largest absolute Gasteiger partial charge is 0.444 e. The predicted molar refractivity (Wildman–Crippen MR) is 90.2 cm³/mol. The normalized spacial score (nSPS) is 20.3. The Morgan fingerprint density at radius 3 is 2.92 bits per heavy atom. The molecule has 2 aliphatic rings. The Bertz CT molecular complexity index is 644. The Kier molecular flexibility index (Phi) is 4.99. The molecule has 1 aromatic rings. The van der Waals surface area contributed by atoms with E-state index in [9.17, 15) is 9.59 Å². The van der Waals surface area contributed by atoms with Gasteiger partial charge in [0.05, 0.1) is 18.3 Å². The summed E-state index contributed by atoms with van der Waals surface area (Å²) in [7, 11) is 0. The van der Waals surface area contributed by atoms with Crippen LogP contribution in [-0.4, -0.2) is 58.5 Å². The Hall–Kier alpha value is -2.09. The van der Waals surface area contributed by atoms with Gasteiger partial charge in [0.15, 0.2) is 5.69 Å². The number of carbonyl (C=O) groups is 2. The SMILES string of the molecule is CC(C)(C)OC(=O)N1CCc2c(C(=O)NCC3CCCO3)n[nH]c2C1. The van der Waals surface area contributed by atoms with Crippen molar-refractivity contribution in [1.82, 2.24) is 20.4 Å². The van der Waals surface area contributed by atoms with Gasteiger partial charge in [0, 0.05) is 25.3 Å². The Morgan fingerprint density at radius 2 is 2.24 bits per heavy atom. The van der Waals surface area contributed by atoms with Crippen molar-refractivity contribution in [3.8, 4) is 0 Å². The van der Waals surface area contributed by atoms with E-state index in [1.54, 1.807) is 4.90 Å². The van der Waals surface area contributed by atoms with Crippen LogP contribution in [0.1, 0.15) is 55.4 Å². The molecule has 0 radical (unpaired) electrons. The molecule has 1 aromatic heterocycles. The van der Waals surface area contributed by atoms with Gasteiger partial charge in [0.1, 0.15) is 5.60 Å². The monoisotopic (exact) mass is 350 g/mol. The molecule has 1 atom stereocenters. The number of amides is 2. The number of rotatable bonds is 3. The van der Waals surface area contributed by atoms with Crippen LogP contribution in [0.5, 0.6) is 0 Å². The lowest BCUT2D eigenvalue weighted by Crippen LogP contribution is -2.40. The average molecular weight is 350 g/mol. The Labute approximate surface area is 147 Å². The summed E-state index contributed by atoms with van der Waals surface area (Å²) in [6.45, 7) is 7.67. The lowest BCUT2D eigenvalue weighted by molar-refractivity contribution is 0.0221. The van der Waals surface area contributed by atoms with Crippen molar-refractivity contribution in [2.24, 2.45) is 0 Å². The fourth-order valence-electron chi connectivity index (χ4n) is 3.08. The zero-order chi connectivity index (χ0) is 18.0. The van der Waals surface area contributed by atoms with Crippen molar-refractivity contribution in [1.29, 1.82) is 0 Å². The number of aromatic amines is 1. The van der Waals surface area contributed by atoms with E-state index in [1.807, 2.05) is 20.8 Å². The first-order valence-corrected chi connectivity index (χ1v) is 8.77. The van der Waals surface area contributed by atoms with Crippen LogP contribution in [0.4, 0.5) is 4.79 Å². The molecule has 0 aliphatic carbocycles. The van der Waals surface area contributed by atoms with E-state index in [1.165, 1.54) is 0 Å². The highest BCUT2D eigenvalue weighted by Crippen LogP contribution is 2.22. The number of carbonyl (C=O) groups excluding carboxylic acids is 2. The number of ether oxygens (including phenoxy) is 2. The van der Waals surface area contributed by atoms with Crippen molar-refractivity contribution in [2.75, 3.05) is 19.7 Å². The van der Waals surface area contributed by atoms with Gasteiger partial charge in [-0.3, -0.25) is 9.89 Å². The van der Waals surface area contributed by atoms with Gasteiger partial charge in [-0.2, -0.15) is 5.10 Å². The highest BCUT2D eigenvalue weighted by molar-refractivity contribution is 5.94. The fourth-order valence-corrected chi connectivity index (χ4v) is 3.08. The van der Waals surface area contributed by atoms with Crippen LogP contribution in [-0.2, 0) is 22.4 Å². The molecule has 1 saturated heterocycles.